The molecule has 126 valence electrons. The Labute approximate surface area is 151 Å². The minimum absolute atomic E-state index is 0.446. The molecular weight excluding hydrogens is 344 g/mol. The van der Waals surface area contributed by atoms with E-state index in [1.165, 1.54) is 0 Å². The van der Waals surface area contributed by atoms with E-state index < -0.39 is 0 Å². The van der Waals surface area contributed by atoms with Crippen molar-refractivity contribution in [3.63, 3.8) is 0 Å². The van der Waals surface area contributed by atoms with Gasteiger partial charge in [0.25, 0.3) is 0 Å². The predicted molar refractivity (Wildman–Crippen MR) is 103 cm³/mol. The molecule has 6 nitrogen and oxygen atoms in total. The quantitative estimate of drug-likeness (QED) is 0.443. The number of benzene rings is 1. The molecule has 0 aliphatic carbocycles. The summed E-state index contributed by atoms with van der Waals surface area (Å²) in [5.74, 6) is 0.933. The van der Waals surface area contributed by atoms with E-state index in [-0.39, 0.29) is 0 Å². The molecule has 2 rings (SSSR count). The Morgan fingerprint density at radius 3 is 2.38 bits per heavy atom. The fourth-order valence-corrected chi connectivity index (χ4v) is 2.15. The second-order valence-corrected chi connectivity index (χ2v) is 5.94. The zero-order chi connectivity index (χ0) is 17.5. The van der Waals surface area contributed by atoms with Gasteiger partial charge in [0.15, 0.2) is 5.11 Å². The van der Waals surface area contributed by atoms with Gasteiger partial charge in [-0.3, -0.25) is 5.32 Å². The molecule has 0 atom stereocenters. The van der Waals surface area contributed by atoms with E-state index in [1.54, 1.807) is 7.05 Å². The molecule has 0 bridgehead atoms. The number of halogens is 1. The number of aryl methyl sites for hydroxylation is 2. The van der Waals surface area contributed by atoms with Gasteiger partial charge in [-0.2, -0.15) is 0 Å². The molecule has 2 aromatic rings. The summed E-state index contributed by atoms with van der Waals surface area (Å²) in [7, 11) is 1.74. The van der Waals surface area contributed by atoms with Crippen molar-refractivity contribution < 1.29 is 0 Å². The molecule has 0 radical (unpaired) electrons. The van der Waals surface area contributed by atoms with Crippen molar-refractivity contribution in [2.45, 2.75) is 20.4 Å². The number of anilines is 1. The van der Waals surface area contributed by atoms with Crippen molar-refractivity contribution in [3.8, 4) is 0 Å². The van der Waals surface area contributed by atoms with Gasteiger partial charge in [-0.15, -0.1) is 0 Å². The molecule has 0 aliphatic rings. The number of hydrogen-bond donors (Lipinski definition) is 3. The summed E-state index contributed by atoms with van der Waals surface area (Å²) in [5, 5.41) is 10.1. The van der Waals surface area contributed by atoms with E-state index >= 15 is 0 Å². The van der Waals surface area contributed by atoms with Crippen molar-refractivity contribution in [3.05, 3.63) is 52.3 Å². The summed E-state index contributed by atoms with van der Waals surface area (Å²) in [6, 6.07) is 9.41. The van der Waals surface area contributed by atoms with Gasteiger partial charge >= 0.3 is 0 Å². The lowest BCUT2D eigenvalue weighted by Gasteiger charge is -2.12. The number of aliphatic imine (C=N–C) groups is 1. The van der Waals surface area contributed by atoms with Gasteiger partial charge in [0.2, 0.25) is 11.9 Å². The Hall–Kier alpha value is -2.25. The summed E-state index contributed by atoms with van der Waals surface area (Å²) < 4.78 is 0. The zero-order valence-electron chi connectivity index (χ0n) is 13.7. The van der Waals surface area contributed by atoms with Gasteiger partial charge < -0.3 is 10.6 Å². The molecule has 0 aliphatic heterocycles. The van der Waals surface area contributed by atoms with Crippen LogP contribution in [0.25, 0.3) is 0 Å². The molecule has 0 fully saturated rings. The number of aromatic nitrogens is 2. The third-order valence-corrected chi connectivity index (χ3v) is 3.56. The predicted octanol–water partition coefficient (Wildman–Crippen LogP) is 2.81. The molecule has 8 heteroatoms. The number of rotatable bonds is 3. The molecule has 1 aromatic heterocycles. The monoisotopic (exact) mass is 362 g/mol. The van der Waals surface area contributed by atoms with Crippen molar-refractivity contribution in [1.29, 1.82) is 0 Å². The highest BCUT2D eigenvalue weighted by molar-refractivity contribution is 7.80. The fourth-order valence-electron chi connectivity index (χ4n) is 1.93. The number of thiocarbonyl (C=S) groups is 1. The van der Waals surface area contributed by atoms with Gasteiger partial charge in [-0.1, -0.05) is 23.7 Å². The van der Waals surface area contributed by atoms with Gasteiger partial charge in [0.05, 0.1) is 6.54 Å². The maximum atomic E-state index is 5.90. The number of nitrogens with one attached hydrogen (secondary N) is 3. The summed E-state index contributed by atoms with van der Waals surface area (Å²) in [4.78, 5) is 13.2. The first-order valence-corrected chi connectivity index (χ1v) is 8.12. The molecule has 1 heterocycles. The Bertz CT molecular complexity index is 724. The average molecular weight is 363 g/mol. The van der Waals surface area contributed by atoms with Crippen molar-refractivity contribution in [2.75, 3.05) is 12.4 Å². The van der Waals surface area contributed by atoms with E-state index in [2.05, 4.69) is 30.9 Å². The van der Waals surface area contributed by atoms with Gasteiger partial charge in [-0.05, 0) is 49.8 Å². The standard InChI is InChI=1S/C16H19ClN6S/c1-10-8-11(2)21-15(20-10)22-14(23-16(24)18-3)19-9-12-4-6-13(17)7-5-12/h4-8H,9H2,1-3H3,(H3,18,19,20,21,22,23,24). The molecule has 3 N–H and O–H groups in total. The van der Waals surface area contributed by atoms with E-state index in [0.717, 1.165) is 17.0 Å². The van der Waals surface area contributed by atoms with Gasteiger partial charge in [-0.25, -0.2) is 15.0 Å². The Kier molecular flexibility index (Phi) is 6.45. The molecule has 0 unspecified atom stereocenters. The normalized spacial score (nSPS) is 11.1. The second kappa shape index (κ2) is 8.56. The summed E-state index contributed by atoms with van der Waals surface area (Å²) in [6.45, 7) is 4.29. The van der Waals surface area contributed by atoms with Crippen LogP contribution in [0.15, 0.2) is 35.3 Å². The first-order valence-electron chi connectivity index (χ1n) is 7.33. The summed E-state index contributed by atoms with van der Waals surface area (Å²) >= 11 is 11.0. The van der Waals surface area contributed by atoms with Crippen LogP contribution in [0.1, 0.15) is 17.0 Å². The van der Waals surface area contributed by atoms with E-state index in [0.29, 0.717) is 28.6 Å². The summed E-state index contributed by atoms with van der Waals surface area (Å²) in [6.07, 6.45) is 0. The number of hydrogen-bond acceptors (Lipinski definition) is 4. The lowest BCUT2D eigenvalue weighted by molar-refractivity contribution is 1.02. The van der Waals surface area contributed by atoms with Gasteiger partial charge in [0.1, 0.15) is 0 Å². The first-order chi connectivity index (χ1) is 11.5. The molecule has 0 saturated carbocycles. The highest BCUT2D eigenvalue weighted by Crippen LogP contribution is 2.10. The maximum Gasteiger partial charge on any atom is 0.229 e. The Balaban J connectivity index is 2.18. The van der Waals surface area contributed by atoms with Crippen LogP contribution in [0, 0.1) is 13.8 Å². The van der Waals surface area contributed by atoms with E-state index in [1.807, 2.05) is 44.2 Å². The molecule has 0 saturated heterocycles. The highest BCUT2D eigenvalue weighted by atomic mass is 35.5. The van der Waals surface area contributed by atoms with Crippen molar-refractivity contribution in [2.24, 2.45) is 4.99 Å². The summed E-state index contributed by atoms with van der Waals surface area (Å²) in [5.41, 5.74) is 2.77. The van der Waals surface area contributed by atoms with Crippen LogP contribution in [0.2, 0.25) is 5.02 Å². The minimum Gasteiger partial charge on any atom is -0.365 e. The maximum absolute atomic E-state index is 5.90. The molecular formula is C16H19ClN6S. The van der Waals surface area contributed by atoms with Crippen LogP contribution in [0.4, 0.5) is 5.95 Å². The smallest absolute Gasteiger partial charge is 0.229 e. The van der Waals surface area contributed by atoms with Crippen LogP contribution in [-0.4, -0.2) is 28.1 Å². The number of guanidine groups is 1. The third kappa shape index (κ3) is 5.75. The van der Waals surface area contributed by atoms with Crippen LogP contribution < -0.4 is 16.0 Å². The lowest BCUT2D eigenvalue weighted by atomic mass is 10.2. The largest absolute Gasteiger partial charge is 0.365 e. The minimum atomic E-state index is 0.446. The molecule has 0 spiro atoms. The van der Waals surface area contributed by atoms with Crippen LogP contribution in [-0.2, 0) is 6.54 Å². The zero-order valence-corrected chi connectivity index (χ0v) is 15.3. The number of nitrogens with zero attached hydrogens (tertiary/aromatic N) is 3. The second-order valence-electron chi connectivity index (χ2n) is 5.09. The molecule has 1 aromatic carbocycles. The Morgan fingerprint density at radius 2 is 1.79 bits per heavy atom. The van der Waals surface area contributed by atoms with E-state index in [4.69, 9.17) is 23.8 Å². The van der Waals surface area contributed by atoms with Gasteiger partial charge in [0, 0.05) is 23.5 Å². The molecule has 0 amide bonds. The van der Waals surface area contributed by atoms with Crippen molar-refractivity contribution >= 4 is 40.8 Å². The topological polar surface area (TPSA) is 74.2 Å². The third-order valence-electron chi connectivity index (χ3n) is 3.00. The van der Waals surface area contributed by atoms with E-state index in [9.17, 15) is 0 Å². The lowest BCUT2D eigenvalue weighted by Crippen LogP contribution is -2.41. The average Bonchev–Trinajstić information content (AvgIpc) is 2.53. The van der Waals surface area contributed by atoms with Crippen LogP contribution in [0.3, 0.4) is 0 Å². The van der Waals surface area contributed by atoms with Crippen molar-refractivity contribution in [1.82, 2.24) is 20.6 Å². The first kappa shape index (κ1) is 18.1. The SMILES string of the molecule is CNC(=S)NC(=NCc1ccc(Cl)cc1)Nc1nc(C)cc(C)n1. The fraction of sp³-hybridized carbons (Fsp3) is 0.250. The van der Waals surface area contributed by atoms with Crippen LogP contribution >= 0.6 is 23.8 Å². The van der Waals surface area contributed by atoms with Crippen LogP contribution in [0.5, 0.6) is 0 Å². The highest BCUT2D eigenvalue weighted by Gasteiger charge is 2.06. The Morgan fingerprint density at radius 1 is 1.17 bits per heavy atom. The molecule has 24 heavy (non-hydrogen) atoms.